The molecule has 0 saturated heterocycles. The predicted molar refractivity (Wildman–Crippen MR) is 99.9 cm³/mol. The third-order valence-electron chi connectivity index (χ3n) is 3.75. The SMILES string of the molecule is CC(SCC(=O)Nc1ccc(F)cc1)C(=O)NC(C)c1ccc(F)cc1F. The van der Waals surface area contributed by atoms with Gasteiger partial charge in [-0.25, -0.2) is 13.2 Å². The lowest BCUT2D eigenvalue weighted by Crippen LogP contribution is -2.34. The highest BCUT2D eigenvalue weighted by Gasteiger charge is 2.19. The maximum absolute atomic E-state index is 13.8. The van der Waals surface area contributed by atoms with Crippen molar-refractivity contribution in [1.29, 1.82) is 0 Å². The summed E-state index contributed by atoms with van der Waals surface area (Å²) in [4.78, 5) is 24.1. The molecule has 144 valence electrons. The summed E-state index contributed by atoms with van der Waals surface area (Å²) in [6.45, 7) is 3.21. The standard InChI is InChI=1S/C19H19F3N2O2S/c1-11(16-8-5-14(21)9-17(16)22)23-19(26)12(2)27-10-18(25)24-15-6-3-13(20)4-7-15/h3-9,11-12H,10H2,1-2H3,(H,23,26)(H,24,25). The van der Waals surface area contributed by atoms with Crippen molar-refractivity contribution in [3.8, 4) is 0 Å². The Balaban J connectivity index is 1.82. The van der Waals surface area contributed by atoms with Crippen LogP contribution in [0.1, 0.15) is 25.5 Å². The van der Waals surface area contributed by atoms with Gasteiger partial charge in [0.05, 0.1) is 17.0 Å². The molecule has 2 amide bonds. The van der Waals surface area contributed by atoms with E-state index in [1.165, 1.54) is 30.3 Å². The van der Waals surface area contributed by atoms with E-state index >= 15 is 0 Å². The summed E-state index contributed by atoms with van der Waals surface area (Å²) in [5.41, 5.74) is 0.635. The van der Waals surface area contributed by atoms with Gasteiger partial charge in [-0.05, 0) is 44.2 Å². The van der Waals surface area contributed by atoms with Crippen molar-refractivity contribution >= 4 is 29.3 Å². The minimum atomic E-state index is -0.734. The van der Waals surface area contributed by atoms with Crippen LogP contribution in [0, 0.1) is 17.5 Å². The van der Waals surface area contributed by atoms with Crippen LogP contribution >= 0.6 is 11.8 Å². The monoisotopic (exact) mass is 396 g/mol. The average molecular weight is 396 g/mol. The van der Waals surface area contributed by atoms with Crippen LogP contribution in [0.15, 0.2) is 42.5 Å². The van der Waals surface area contributed by atoms with Crippen LogP contribution in [0.2, 0.25) is 0 Å². The van der Waals surface area contributed by atoms with Crippen LogP contribution in [0.25, 0.3) is 0 Å². The molecule has 0 radical (unpaired) electrons. The third kappa shape index (κ3) is 6.32. The lowest BCUT2D eigenvalue weighted by Gasteiger charge is -2.18. The molecule has 2 rings (SSSR count). The van der Waals surface area contributed by atoms with Gasteiger partial charge in [-0.1, -0.05) is 6.07 Å². The molecule has 2 atom stereocenters. The zero-order chi connectivity index (χ0) is 20.0. The van der Waals surface area contributed by atoms with Gasteiger partial charge in [-0.15, -0.1) is 11.8 Å². The molecular formula is C19H19F3N2O2S. The van der Waals surface area contributed by atoms with E-state index in [1.54, 1.807) is 13.8 Å². The molecule has 4 nitrogen and oxygen atoms in total. The van der Waals surface area contributed by atoms with Crippen molar-refractivity contribution in [3.63, 3.8) is 0 Å². The van der Waals surface area contributed by atoms with Crippen molar-refractivity contribution in [2.24, 2.45) is 0 Å². The number of carbonyl (C=O) groups excluding carboxylic acids is 2. The fourth-order valence-corrected chi connectivity index (χ4v) is 2.96. The summed E-state index contributed by atoms with van der Waals surface area (Å²) in [6.07, 6.45) is 0. The van der Waals surface area contributed by atoms with E-state index in [0.717, 1.165) is 23.9 Å². The molecule has 0 aliphatic carbocycles. The fraction of sp³-hybridized carbons (Fsp3) is 0.263. The van der Waals surface area contributed by atoms with Crippen LogP contribution < -0.4 is 10.6 Å². The van der Waals surface area contributed by atoms with E-state index in [1.807, 2.05) is 0 Å². The van der Waals surface area contributed by atoms with Crippen LogP contribution in [0.3, 0.4) is 0 Å². The molecule has 0 spiro atoms. The molecule has 2 N–H and O–H groups in total. The molecule has 2 aromatic rings. The van der Waals surface area contributed by atoms with Crippen LogP contribution in [0.5, 0.6) is 0 Å². The molecule has 2 unspecified atom stereocenters. The summed E-state index contributed by atoms with van der Waals surface area (Å²) >= 11 is 1.11. The molecule has 0 saturated carbocycles. The van der Waals surface area contributed by atoms with E-state index in [9.17, 15) is 22.8 Å². The van der Waals surface area contributed by atoms with Crippen molar-refractivity contribution in [2.45, 2.75) is 25.1 Å². The first-order valence-electron chi connectivity index (χ1n) is 8.18. The first-order valence-corrected chi connectivity index (χ1v) is 9.23. The second-order valence-corrected chi connectivity index (χ2v) is 7.23. The van der Waals surface area contributed by atoms with Gasteiger partial charge in [0.1, 0.15) is 17.5 Å². The molecule has 0 fully saturated rings. The number of hydrogen-bond acceptors (Lipinski definition) is 3. The Morgan fingerprint density at radius 3 is 2.26 bits per heavy atom. The molecule has 0 aliphatic heterocycles. The molecular weight excluding hydrogens is 377 g/mol. The molecule has 0 bridgehead atoms. The molecule has 8 heteroatoms. The molecule has 27 heavy (non-hydrogen) atoms. The normalized spacial score (nSPS) is 12.9. The number of thioether (sulfide) groups is 1. The largest absolute Gasteiger partial charge is 0.349 e. The molecule has 0 aliphatic rings. The van der Waals surface area contributed by atoms with Crippen LogP contribution in [-0.2, 0) is 9.59 Å². The Bertz CT molecular complexity index is 815. The predicted octanol–water partition coefficient (Wildman–Crippen LogP) is 4.04. The number of benzene rings is 2. The Hall–Kier alpha value is -2.48. The Morgan fingerprint density at radius 2 is 1.63 bits per heavy atom. The number of nitrogens with one attached hydrogen (secondary N) is 2. The number of amides is 2. The fourth-order valence-electron chi connectivity index (χ4n) is 2.27. The zero-order valence-corrected chi connectivity index (χ0v) is 15.6. The van der Waals surface area contributed by atoms with Crippen LogP contribution in [0.4, 0.5) is 18.9 Å². The lowest BCUT2D eigenvalue weighted by atomic mass is 10.1. The number of halogens is 3. The van der Waals surface area contributed by atoms with Gasteiger partial charge in [0.2, 0.25) is 11.8 Å². The summed E-state index contributed by atoms with van der Waals surface area (Å²) in [5.74, 6) is -2.51. The quantitative estimate of drug-likeness (QED) is 0.743. The molecule has 0 heterocycles. The van der Waals surface area contributed by atoms with Gasteiger partial charge in [0.25, 0.3) is 0 Å². The maximum Gasteiger partial charge on any atom is 0.234 e. The van der Waals surface area contributed by atoms with Gasteiger partial charge >= 0.3 is 0 Å². The van der Waals surface area contributed by atoms with Crippen molar-refractivity contribution in [1.82, 2.24) is 5.32 Å². The van der Waals surface area contributed by atoms with E-state index in [-0.39, 0.29) is 23.1 Å². The smallest absolute Gasteiger partial charge is 0.234 e. The minimum Gasteiger partial charge on any atom is -0.349 e. The van der Waals surface area contributed by atoms with Gasteiger partial charge in [0.15, 0.2) is 0 Å². The number of rotatable bonds is 7. The number of hydrogen-bond donors (Lipinski definition) is 2. The number of carbonyl (C=O) groups is 2. The minimum absolute atomic E-state index is 0.0191. The topological polar surface area (TPSA) is 58.2 Å². The lowest BCUT2D eigenvalue weighted by molar-refractivity contribution is -0.120. The third-order valence-corrected chi connectivity index (χ3v) is 4.89. The van der Waals surface area contributed by atoms with Crippen molar-refractivity contribution in [2.75, 3.05) is 11.1 Å². The first-order chi connectivity index (χ1) is 12.8. The van der Waals surface area contributed by atoms with Gasteiger partial charge in [-0.3, -0.25) is 9.59 Å². The second-order valence-electron chi connectivity index (χ2n) is 5.90. The number of anilines is 1. The Kier molecular flexibility index (Phi) is 7.29. The van der Waals surface area contributed by atoms with Gasteiger partial charge in [-0.2, -0.15) is 0 Å². The van der Waals surface area contributed by atoms with Crippen LogP contribution in [-0.4, -0.2) is 22.8 Å². The molecule has 0 aromatic heterocycles. The Labute approximate surface area is 159 Å². The highest BCUT2D eigenvalue weighted by atomic mass is 32.2. The highest BCUT2D eigenvalue weighted by Crippen LogP contribution is 2.19. The average Bonchev–Trinajstić information content (AvgIpc) is 2.61. The van der Waals surface area contributed by atoms with E-state index < -0.39 is 28.7 Å². The Morgan fingerprint density at radius 1 is 1.00 bits per heavy atom. The highest BCUT2D eigenvalue weighted by molar-refractivity contribution is 8.01. The molecule has 2 aromatic carbocycles. The van der Waals surface area contributed by atoms with E-state index in [0.29, 0.717) is 5.69 Å². The van der Waals surface area contributed by atoms with Gasteiger partial charge < -0.3 is 10.6 Å². The second kappa shape index (κ2) is 9.45. The maximum atomic E-state index is 13.8. The summed E-state index contributed by atoms with van der Waals surface area (Å²) in [7, 11) is 0. The summed E-state index contributed by atoms with van der Waals surface area (Å²) in [6, 6.07) is 7.86. The zero-order valence-electron chi connectivity index (χ0n) is 14.8. The first kappa shape index (κ1) is 20.8. The van der Waals surface area contributed by atoms with Gasteiger partial charge in [0, 0.05) is 17.3 Å². The van der Waals surface area contributed by atoms with Crippen molar-refractivity contribution < 1.29 is 22.8 Å². The van der Waals surface area contributed by atoms with Crippen molar-refractivity contribution in [3.05, 3.63) is 65.5 Å². The van der Waals surface area contributed by atoms with E-state index in [4.69, 9.17) is 0 Å². The van der Waals surface area contributed by atoms with E-state index in [2.05, 4.69) is 10.6 Å². The summed E-state index contributed by atoms with van der Waals surface area (Å²) in [5, 5.41) is 4.68. The summed E-state index contributed by atoms with van der Waals surface area (Å²) < 4.78 is 39.6.